The Balaban J connectivity index is 0.945. The molecule has 1 unspecified atom stereocenters. The van der Waals surface area contributed by atoms with Gasteiger partial charge in [0.25, 0.3) is 5.91 Å². The zero-order valence-electron chi connectivity index (χ0n) is 31.4. The molecule has 0 radical (unpaired) electrons. The second-order valence-corrected chi connectivity index (χ2v) is 15.4. The van der Waals surface area contributed by atoms with Crippen LogP contribution in [0.3, 0.4) is 0 Å². The molecule has 13 nitrogen and oxygen atoms in total. The SMILES string of the molecule is COC(=O)C1=C(CN2CCN3C(=O)N(c4ccc(Oc5ccc(C(=O)N6CCOC[C@@H]6C)cc5)cc4)C[C@@H]3C2)NC(c2nccs2)N[C@H]1c1ccc(F)cc1C. The van der Waals surface area contributed by atoms with Gasteiger partial charge in [-0.3, -0.25) is 19.9 Å². The number of methoxy groups -OCH3 is 1. The number of amides is 3. The van der Waals surface area contributed by atoms with Gasteiger partial charge in [-0.25, -0.2) is 19.0 Å². The van der Waals surface area contributed by atoms with Crippen molar-refractivity contribution in [3.63, 3.8) is 0 Å². The van der Waals surface area contributed by atoms with Crippen LogP contribution in [-0.4, -0.2) is 109 Å². The quantitative estimate of drug-likeness (QED) is 0.218. The Bertz CT molecular complexity index is 2120. The largest absolute Gasteiger partial charge is 0.466 e. The molecule has 56 heavy (non-hydrogen) atoms. The molecule has 3 aromatic carbocycles. The first-order chi connectivity index (χ1) is 27.2. The molecule has 15 heteroatoms. The third kappa shape index (κ3) is 7.59. The molecule has 0 aliphatic carbocycles. The standard InChI is InChI=1S/C41H44FN7O6S/c1-25-20-28(42)6-13-33(25)36-35(40(51)53-3)34(44-37(45-36)38-43-14-19-56-38)23-46-15-16-48-30(21-46)22-49(41(48)52)29-7-11-32(12-8-29)55-31-9-4-27(5-10-31)39(50)47-17-18-54-24-26(47)2/h4-14,19-20,26,30,36-37,44-45H,15-18,21-24H2,1-3H3/t26-,30-,36-,37?/m0/s1. The van der Waals surface area contributed by atoms with Crippen LogP contribution in [0.4, 0.5) is 14.9 Å². The third-order valence-corrected chi connectivity index (χ3v) is 11.7. The third-order valence-electron chi connectivity index (χ3n) is 10.8. The van der Waals surface area contributed by atoms with Crippen LogP contribution in [-0.2, 0) is 14.3 Å². The molecule has 0 bridgehead atoms. The number of urea groups is 1. The monoisotopic (exact) mass is 781 g/mol. The van der Waals surface area contributed by atoms with Crippen molar-refractivity contribution in [2.75, 3.05) is 64.5 Å². The zero-order chi connectivity index (χ0) is 38.9. The molecule has 0 spiro atoms. The van der Waals surface area contributed by atoms with E-state index in [-0.39, 0.29) is 29.8 Å². The fraction of sp³-hybridized carbons (Fsp3) is 0.366. The highest BCUT2D eigenvalue weighted by molar-refractivity contribution is 7.09. The summed E-state index contributed by atoms with van der Waals surface area (Å²) in [4.78, 5) is 52.5. The van der Waals surface area contributed by atoms with Crippen LogP contribution in [0.1, 0.15) is 45.6 Å². The first-order valence-electron chi connectivity index (χ1n) is 18.7. The van der Waals surface area contributed by atoms with Crippen molar-refractivity contribution in [1.82, 2.24) is 30.3 Å². The van der Waals surface area contributed by atoms with Crippen LogP contribution in [0.25, 0.3) is 0 Å². The van der Waals surface area contributed by atoms with E-state index in [1.807, 2.05) is 53.3 Å². The number of halogens is 1. The van der Waals surface area contributed by atoms with E-state index in [0.29, 0.717) is 86.4 Å². The lowest BCUT2D eigenvalue weighted by Crippen LogP contribution is -2.54. The molecule has 4 aliphatic heterocycles. The number of hydrogen-bond acceptors (Lipinski definition) is 11. The molecule has 8 rings (SSSR count). The molecule has 4 aliphatic rings. The molecule has 4 atom stereocenters. The number of anilines is 1. The average molecular weight is 782 g/mol. The van der Waals surface area contributed by atoms with Crippen molar-refractivity contribution in [2.24, 2.45) is 0 Å². The molecule has 3 amide bonds. The molecular formula is C41H44FN7O6S. The van der Waals surface area contributed by atoms with Crippen LogP contribution >= 0.6 is 11.3 Å². The Kier molecular flexibility index (Phi) is 10.7. The van der Waals surface area contributed by atoms with Gasteiger partial charge in [-0.15, -0.1) is 11.3 Å². The van der Waals surface area contributed by atoms with Gasteiger partial charge in [0.05, 0.1) is 44.0 Å². The second kappa shape index (κ2) is 16.0. The van der Waals surface area contributed by atoms with Crippen molar-refractivity contribution in [3.8, 4) is 11.5 Å². The van der Waals surface area contributed by atoms with E-state index in [0.717, 1.165) is 16.3 Å². The van der Waals surface area contributed by atoms with E-state index >= 15 is 0 Å². The van der Waals surface area contributed by atoms with Crippen molar-refractivity contribution < 1.29 is 33.0 Å². The van der Waals surface area contributed by atoms with E-state index < -0.39 is 18.2 Å². The summed E-state index contributed by atoms with van der Waals surface area (Å²) in [5.74, 6) is 0.357. The lowest BCUT2D eigenvalue weighted by molar-refractivity contribution is -0.136. The van der Waals surface area contributed by atoms with Gasteiger partial charge in [0.15, 0.2) is 0 Å². The molecule has 4 aromatic rings. The minimum Gasteiger partial charge on any atom is -0.466 e. The van der Waals surface area contributed by atoms with Gasteiger partial charge >= 0.3 is 12.0 Å². The Labute approximate surface area is 328 Å². The average Bonchev–Trinajstić information content (AvgIpc) is 3.86. The fourth-order valence-electron chi connectivity index (χ4n) is 7.96. The van der Waals surface area contributed by atoms with Crippen LogP contribution in [0.15, 0.2) is 89.6 Å². The summed E-state index contributed by atoms with van der Waals surface area (Å²) >= 11 is 1.49. The first-order valence-corrected chi connectivity index (χ1v) is 19.6. The van der Waals surface area contributed by atoms with Gasteiger partial charge in [-0.1, -0.05) is 6.07 Å². The number of fused-ring (bicyclic) bond motifs is 1. The molecule has 3 saturated heterocycles. The summed E-state index contributed by atoms with van der Waals surface area (Å²) in [6.07, 6.45) is 1.34. The molecule has 292 valence electrons. The van der Waals surface area contributed by atoms with Gasteiger partial charge in [-0.05, 0) is 85.6 Å². The van der Waals surface area contributed by atoms with Crippen molar-refractivity contribution >= 4 is 34.9 Å². The van der Waals surface area contributed by atoms with Crippen molar-refractivity contribution in [2.45, 2.75) is 38.1 Å². The summed E-state index contributed by atoms with van der Waals surface area (Å²) in [7, 11) is 1.36. The molecule has 1 aromatic heterocycles. The first kappa shape index (κ1) is 37.6. The number of aryl methyl sites for hydroxylation is 1. The predicted octanol–water partition coefficient (Wildman–Crippen LogP) is 5.23. The lowest BCUT2D eigenvalue weighted by atomic mass is 9.91. The summed E-state index contributed by atoms with van der Waals surface area (Å²) in [6, 6.07) is 18.4. The maximum atomic E-state index is 14.2. The fourth-order valence-corrected chi connectivity index (χ4v) is 8.61. The van der Waals surface area contributed by atoms with Crippen LogP contribution in [0, 0.1) is 12.7 Å². The Morgan fingerprint density at radius 1 is 1.02 bits per heavy atom. The Morgan fingerprint density at radius 2 is 1.79 bits per heavy atom. The van der Waals surface area contributed by atoms with E-state index in [2.05, 4.69) is 20.5 Å². The van der Waals surface area contributed by atoms with Gasteiger partial charge in [0, 0.05) is 67.8 Å². The number of benzene rings is 3. The van der Waals surface area contributed by atoms with Gasteiger partial charge in [0.2, 0.25) is 0 Å². The summed E-state index contributed by atoms with van der Waals surface area (Å²) < 4.78 is 31.0. The predicted molar refractivity (Wildman–Crippen MR) is 208 cm³/mol. The number of carbonyl (C=O) groups is 3. The summed E-state index contributed by atoms with van der Waals surface area (Å²) in [5.41, 5.74) is 3.97. The molecule has 0 saturated carbocycles. The summed E-state index contributed by atoms with van der Waals surface area (Å²) in [6.45, 7) is 8.10. The highest BCUT2D eigenvalue weighted by Crippen LogP contribution is 2.36. The molecular weight excluding hydrogens is 738 g/mol. The minimum atomic E-state index is -0.571. The van der Waals surface area contributed by atoms with Gasteiger partial charge in [0.1, 0.15) is 28.5 Å². The maximum absolute atomic E-state index is 14.2. The van der Waals surface area contributed by atoms with E-state index in [1.165, 1.54) is 30.6 Å². The number of aromatic nitrogens is 1. The van der Waals surface area contributed by atoms with Crippen LogP contribution in [0.5, 0.6) is 11.5 Å². The van der Waals surface area contributed by atoms with Crippen molar-refractivity contribution in [3.05, 3.63) is 117 Å². The number of hydrogen-bond donors (Lipinski definition) is 2. The van der Waals surface area contributed by atoms with Gasteiger partial charge in [-0.2, -0.15) is 0 Å². The number of morpholine rings is 1. The smallest absolute Gasteiger partial charge is 0.337 e. The molecule has 3 fully saturated rings. The number of nitrogens with zero attached hydrogens (tertiary/aromatic N) is 5. The highest BCUT2D eigenvalue weighted by Gasteiger charge is 2.43. The normalized spacial score (nSPS) is 22.9. The highest BCUT2D eigenvalue weighted by atomic mass is 32.1. The molecule has 5 heterocycles. The number of carbonyl (C=O) groups excluding carboxylic acids is 3. The van der Waals surface area contributed by atoms with Crippen LogP contribution in [0.2, 0.25) is 0 Å². The van der Waals surface area contributed by atoms with E-state index in [4.69, 9.17) is 14.2 Å². The Morgan fingerprint density at radius 3 is 2.48 bits per heavy atom. The zero-order valence-corrected chi connectivity index (χ0v) is 32.3. The second-order valence-electron chi connectivity index (χ2n) is 14.5. The topological polar surface area (TPSA) is 129 Å². The van der Waals surface area contributed by atoms with Crippen molar-refractivity contribution in [1.29, 1.82) is 0 Å². The van der Waals surface area contributed by atoms with E-state index in [1.54, 1.807) is 41.4 Å². The Hall–Kier alpha value is -5.35. The molecule has 2 N–H and O–H groups in total. The number of nitrogens with one attached hydrogen (secondary N) is 2. The lowest BCUT2D eigenvalue weighted by Gasteiger charge is -2.40. The summed E-state index contributed by atoms with van der Waals surface area (Å²) in [5, 5.41) is 9.74. The van der Waals surface area contributed by atoms with Gasteiger partial charge < -0.3 is 29.3 Å². The maximum Gasteiger partial charge on any atom is 0.337 e. The number of esters is 1. The minimum absolute atomic E-state index is 0.0247. The van der Waals surface area contributed by atoms with Crippen LogP contribution < -0.4 is 20.3 Å². The number of thiazole rings is 1. The van der Waals surface area contributed by atoms with E-state index in [9.17, 15) is 18.8 Å². The number of rotatable bonds is 9. The number of piperazine rings is 1. The number of ether oxygens (including phenoxy) is 3.